The van der Waals surface area contributed by atoms with Gasteiger partial charge in [0.1, 0.15) is 17.9 Å². The first-order chi connectivity index (χ1) is 28.5. The Labute approximate surface area is 381 Å². The Hall–Kier alpha value is -5.17. The molecule has 2 aromatic heterocycles. The number of H-pyrrole nitrogens is 2. The molecule has 0 aliphatic carbocycles. The quantitative estimate of drug-likeness (QED) is 0.108. The second-order valence-electron chi connectivity index (χ2n) is 15.5. The van der Waals surface area contributed by atoms with Crippen LogP contribution in [0, 0.1) is 5.92 Å². The number of rotatable bonds is 12. The van der Waals surface area contributed by atoms with Crippen molar-refractivity contribution in [3.63, 3.8) is 0 Å². The summed E-state index contributed by atoms with van der Waals surface area (Å²) in [6, 6.07) is 17.6. The van der Waals surface area contributed by atoms with Crippen LogP contribution in [0.4, 0.5) is 9.59 Å². The highest BCUT2D eigenvalue weighted by atomic mass is 32.1. The standard InChI is InChI=1S/C44H51N7O8.3H2S/c1-25(2)39(49-44(56)59-5)42(54)51-18-7-9-37(51)40-45-24-35(47-40)30-13-12-26-20-27(10-11-28(26)21-30)29-14-15-31-33(22-29)46-34(23-38(31)52)36-8-6-17-50(36)41(53)32(16-19-57-3)48-43(55)58-4;;;/h10-15,20-25,32,36-37,39H,6-9,16-19H2,1-5H3,(H,45,47)(H,46,52)(H,48,55)(H,49,56);3*1H2/t32-,36?,37-,39-;;;/m0.../s1. The SMILES string of the molecule is COCC[C@H](NC(=O)OC)C(=O)N1CCCC1c1cc(=O)c2ccc(-c3ccc4cc(-c5cnc([C@@H]6CCCN6C(=O)[C@@H](NC(=O)OC)C(C)C)[nH]5)ccc4c3)cc2[nH]1.S.S.S. The highest BCUT2D eigenvalue weighted by Gasteiger charge is 2.38. The van der Waals surface area contributed by atoms with E-state index in [1.807, 2.05) is 38.1 Å². The van der Waals surface area contributed by atoms with Crippen LogP contribution in [0.25, 0.3) is 44.1 Å². The topological polar surface area (TPSA) is 188 Å². The molecular formula is C44H57N7O8S3. The van der Waals surface area contributed by atoms with Crippen LogP contribution in [0.3, 0.4) is 0 Å². The number of pyridine rings is 1. The maximum atomic E-state index is 13.7. The van der Waals surface area contributed by atoms with Crippen LogP contribution < -0.4 is 16.1 Å². The van der Waals surface area contributed by atoms with Crippen LogP contribution >= 0.6 is 40.5 Å². The normalized spacial score (nSPS) is 16.8. The minimum atomic E-state index is -0.829. The number of hydrogen-bond donors (Lipinski definition) is 4. The van der Waals surface area contributed by atoms with Crippen molar-refractivity contribution in [2.24, 2.45) is 5.92 Å². The number of methoxy groups -OCH3 is 3. The van der Waals surface area contributed by atoms with Gasteiger partial charge in [-0.05, 0) is 77.8 Å². The van der Waals surface area contributed by atoms with Crippen LogP contribution in [0.15, 0.2) is 71.7 Å². The van der Waals surface area contributed by atoms with E-state index in [1.54, 1.807) is 22.1 Å². The highest BCUT2D eigenvalue weighted by Crippen LogP contribution is 2.35. The Morgan fingerprint density at radius 1 is 0.758 bits per heavy atom. The number of aromatic nitrogens is 3. The third kappa shape index (κ3) is 10.5. The fraction of sp³-hybridized carbons (Fsp3) is 0.409. The molecule has 15 nitrogen and oxygen atoms in total. The average Bonchev–Trinajstić information content (AvgIpc) is 4.05. The van der Waals surface area contributed by atoms with E-state index in [2.05, 4.69) is 50.9 Å². The number of benzene rings is 3. The molecule has 0 spiro atoms. The smallest absolute Gasteiger partial charge is 0.407 e. The van der Waals surface area contributed by atoms with Crippen molar-refractivity contribution in [3.05, 3.63) is 88.6 Å². The number of aromatic amines is 2. The Morgan fingerprint density at radius 3 is 2.02 bits per heavy atom. The van der Waals surface area contributed by atoms with Gasteiger partial charge in [0.05, 0.1) is 43.7 Å². The maximum absolute atomic E-state index is 13.7. The Balaban J connectivity index is 0.00000282. The lowest BCUT2D eigenvalue weighted by molar-refractivity contribution is -0.136. The highest BCUT2D eigenvalue weighted by molar-refractivity contribution is 7.59. The number of alkyl carbamates (subject to hydrolysis) is 2. The van der Waals surface area contributed by atoms with Gasteiger partial charge < -0.3 is 44.6 Å². The molecular weight excluding hydrogens is 851 g/mol. The van der Waals surface area contributed by atoms with Gasteiger partial charge >= 0.3 is 12.2 Å². The van der Waals surface area contributed by atoms with Crippen molar-refractivity contribution < 1.29 is 33.4 Å². The van der Waals surface area contributed by atoms with Gasteiger partial charge in [0.15, 0.2) is 5.43 Å². The van der Waals surface area contributed by atoms with Gasteiger partial charge in [0.25, 0.3) is 0 Å². The molecule has 62 heavy (non-hydrogen) atoms. The number of carbonyl (C=O) groups is 4. The summed E-state index contributed by atoms with van der Waals surface area (Å²) in [6.45, 7) is 5.13. The first-order valence-corrected chi connectivity index (χ1v) is 20.0. The summed E-state index contributed by atoms with van der Waals surface area (Å²) in [5.41, 5.74) is 4.85. The van der Waals surface area contributed by atoms with Crippen molar-refractivity contribution in [2.75, 3.05) is 41.0 Å². The van der Waals surface area contributed by atoms with Crippen LogP contribution in [-0.4, -0.2) is 102 Å². The van der Waals surface area contributed by atoms with Crippen molar-refractivity contribution in [1.29, 1.82) is 0 Å². The zero-order chi connectivity index (χ0) is 41.8. The number of fused-ring (bicyclic) bond motifs is 2. The molecule has 0 radical (unpaired) electrons. The van der Waals surface area contributed by atoms with Crippen LogP contribution in [0.1, 0.15) is 69.6 Å². The number of nitrogens with zero attached hydrogens (tertiary/aromatic N) is 3. The van der Waals surface area contributed by atoms with Crippen LogP contribution in [-0.2, 0) is 23.8 Å². The van der Waals surface area contributed by atoms with E-state index in [-0.39, 0.29) is 88.8 Å². The molecule has 0 saturated carbocycles. The lowest BCUT2D eigenvalue weighted by Crippen LogP contribution is -2.51. The molecule has 4 atom stereocenters. The van der Waals surface area contributed by atoms with Gasteiger partial charge in [-0.3, -0.25) is 14.4 Å². The summed E-state index contributed by atoms with van der Waals surface area (Å²) >= 11 is 0. The Bertz CT molecular complexity index is 2440. The van der Waals surface area contributed by atoms with Crippen LogP contribution in [0.5, 0.6) is 0 Å². The van der Waals surface area contributed by atoms with Crippen molar-refractivity contribution in [3.8, 4) is 22.4 Å². The summed E-state index contributed by atoms with van der Waals surface area (Å²) in [4.78, 5) is 79.9. The molecule has 4 N–H and O–H groups in total. The van der Waals surface area contributed by atoms with Crippen molar-refractivity contribution in [2.45, 2.75) is 70.1 Å². The van der Waals surface area contributed by atoms with E-state index in [1.165, 1.54) is 21.3 Å². The fourth-order valence-corrected chi connectivity index (χ4v) is 8.32. The molecule has 4 heterocycles. The molecule has 2 aliphatic rings. The van der Waals surface area contributed by atoms with E-state index < -0.39 is 24.3 Å². The zero-order valence-corrected chi connectivity index (χ0v) is 38.5. The second kappa shape index (κ2) is 21.8. The maximum Gasteiger partial charge on any atom is 0.407 e. The molecule has 2 fully saturated rings. The Morgan fingerprint density at radius 2 is 1.35 bits per heavy atom. The minimum absolute atomic E-state index is 0. The van der Waals surface area contributed by atoms with E-state index in [9.17, 15) is 24.0 Å². The van der Waals surface area contributed by atoms with Crippen LogP contribution in [0.2, 0.25) is 0 Å². The van der Waals surface area contributed by atoms with E-state index in [0.717, 1.165) is 52.4 Å². The van der Waals surface area contributed by atoms with Gasteiger partial charge in [-0.25, -0.2) is 14.6 Å². The monoisotopic (exact) mass is 907 g/mol. The third-order valence-corrected chi connectivity index (χ3v) is 11.5. The Kier molecular flexibility index (Phi) is 17.4. The predicted octanol–water partition coefficient (Wildman–Crippen LogP) is 6.55. The van der Waals surface area contributed by atoms with Crippen molar-refractivity contribution >= 4 is 86.2 Å². The number of imidazole rings is 1. The number of nitrogens with one attached hydrogen (secondary N) is 4. The lowest BCUT2D eigenvalue weighted by atomic mass is 9.98. The summed E-state index contributed by atoms with van der Waals surface area (Å²) < 4.78 is 14.7. The second-order valence-corrected chi connectivity index (χ2v) is 15.5. The predicted molar refractivity (Wildman–Crippen MR) is 254 cm³/mol. The van der Waals surface area contributed by atoms with Gasteiger partial charge in [-0.1, -0.05) is 44.2 Å². The molecule has 2 aliphatic heterocycles. The number of amides is 4. The lowest BCUT2D eigenvalue weighted by Gasteiger charge is -2.30. The third-order valence-electron chi connectivity index (χ3n) is 11.5. The summed E-state index contributed by atoms with van der Waals surface area (Å²) in [5.74, 6) is 0.170. The van der Waals surface area contributed by atoms with Crippen molar-refractivity contribution in [1.82, 2.24) is 35.4 Å². The minimum Gasteiger partial charge on any atom is -0.453 e. The van der Waals surface area contributed by atoms with E-state index in [4.69, 9.17) is 19.2 Å². The first kappa shape index (κ1) is 49.5. The number of ether oxygens (including phenoxy) is 3. The van der Waals surface area contributed by atoms with E-state index in [0.29, 0.717) is 41.9 Å². The zero-order valence-electron chi connectivity index (χ0n) is 35.5. The molecule has 334 valence electrons. The molecule has 2 saturated heterocycles. The first-order valence-electron chi connectivity index (χ1n) is 20.0. The molecule has 4 amide bonds. The van der Waals surface area contributed by atoms with Gasteiger partial charge in [-0.15, -0.1) is 0 Å². The largest absolute Gasteiger partial charge is 0.453 e. The summed E-state index contributed by atoms with van der Waals surface area (Å²) in [5, 5.41) is 7.93. The molecule has 18 heteroatoms. The van der Waals surface area contributed by atoms with E-state index >= 15 is 0 Å². The molecule has 0 bridgehead atoms. The fourth-order valence-electron chi connectivity index (χ4n) is 8.32. The molecule has 5 aromatic rings. The van der Waals surface area contributed by atoms with Gasteiger partial charge in [-0.2, -0.15) is 40.5 Å². The molecule has 3 aromatic carbocycles. The number of hydrogen-bond acceptors (Lipinski definition) is 9. The summed E-state index contributed by atoms with van der Waals surface area (Å²) in [7, 11) is 4.07. The summed E-state index contributed by atoms with van der Waals surface area (Å²) in [6.07, 6.45) is 3.76. The molecule has 7 rings (SSSR count). The number of carbonyl (C=O) groups excluding carboxylic acids is 4. The van der Waals surface area contributed by atoms with Gasteiger partial charge in [0.2, 0.25) is 11.8 Å². The molecule has 1 unspecified atom stereocenters. The average molecular weight is 908 g/mol. The van der Waals surface area contributed by atoms with Gasteiger partial charge in [0, 0.05) is 55.9 Å². The number of likely N-dealkylation sites (tertiary alicyclic amines) is 2.